The van der Waals surface area contributed by atoms with E-state index in [-0.39, 0.29) is 30.8 Å². The first-order valence-corrected chi connectivity index (χ1v) is 5.37. The van der Waals surface area contributed by atoms with E-state index in [4.69, 9.17) is 10.5 Å². The molecule has 2 amide bonds. The second-order valence-corrected chi connectivity index (χ2v) is 3.92. The zero-order valence-electron chi connectivity index (χ0n) is 10.2. The first-order valence-electron chi connectivity index (χ1n) is 5.37. The second kappa shape index (κ2) is 7.47. The Morgan fingerprint density at radius 3 is 2.65 bits per heavy atom. The van der Waals surface area contributed by atoms with Crippen LogP contribution >= 0.6 is 12.4 Å². The van der Waals surface area contributed by atoms with E-state index in [2.05, 4.69) is 0 Å². The molecule has 1 atom stereocenters. The lowest BCUT2D eigenvalue weighted by Gasteiger charge is -2.34. The summed E-state index contributed by atoms with van der Waals surface area (Å²) in [6, 6.07) is -0.543. The Morgan fingerprint density at radius 2 is 2.18 bits per heavy atom. The van der Waals surface area contributed by atoms with Gasteiger partial charge < -0.3 is 20.3 Å². The average Bonchev–Trinajstić information content (AvgIpc) is 2.26. The predicted molar refractivity (Wildman–Crippen MR) is 65.9 cm³/mol. The highest BCUT2D eigenvalue weighted by Gasteiger charge is 2.27. The van der Waals surface area contributed by atoms with Gasteiger partial charge in [-0.1, -0.05) is 0 Å². The van der Waals surface area contributed by atoms with Gasteiger partial charge in [0.15, 0.2) is 0 Å². The number of hydrogen-bond donors (Lipinski definition) is 1. The molecule has 0 saturated carbocycles. The Morgan fingerprint density at radius 1 is 1.53 bits per heavy atom. The number of piperazine rings is 1. The molecule has 0 aromatic rings. The molecule has 100 valence electrons. The number of halogens is 1. The predicted octanol–water partition coefficient (Wildman–Crippen LogP) is -0.927. The number of carbonyl (C=O) groups excluding carboxylic acids is 2. The molecule has 1 fully saturated rings. The Hall–Kier alpha value is -0.850. The van der Waals surface area contributed by atoms with Gasteiger partial charge in [-0.2, -0.15) is 0 Å². The summed E-state index contributed by atoms with van der Waals surface area (Å²) in [5.74, 6) is -0.211. The smallest absolute Gasteiger partial charge is 0.242 e. The van der Waals surface area contributed by atoms with E-state index in [9.17, 15) is 9.59 Å². The Bertz CT molecular complexity index is 274. The standard InChI is InChI=1S/C10H19N3O3.ClH/c1-8(11)10(15)13-4-3-12(5-6-16-2)9(14)7-13;/h8H,3-7,11H2,1-2H3;1H/t8-;/m1./s1. The summed E-state index contributed by atoms with van der Waals surface area (Å²) in [5, 5.41) is 0. The van der Waals surface area contributed by atoms with Crippen LogP contribution in [0.5, 0.6) is 0 Å². The zero-order valence-corrected chi connectivity index (χ0v) is 11.0. The maximum Gasteiger partial charge on any atom is 0.242 e. The van der Waals surface area contributed by atoms with Gasteiger partial charge >= 0.3 is 0 Å². The third kappa shape index (κ3) is 4.49. The topological polar surface area (TPSA) is 75.9 Å². The summed E-state index contributed by atoms with van der Waals surface area (Å²) in [7, 11) is 1.60. The number of rotatable bonds is 4. The molecule has 0 spiro atoms. The van der Waals surface area contributed by atoms with Crippen molar-refractivity contribution in [2.45, 2.75) is 13.0 Å². The van der Waals surface area contributed by atoms with E-state index >= 15 is 0 Å². The van der Waals surface area contributed by atoms with Crippen LogP contribution in [0.2, 0.25) is 0 Å². The van der Waals surface area contributed by atoms with Crippen molar-refractivity contribution in [2.75, 3.05) is 39.9 Å². The molecular weight excluding hydrogens is 246 g/mol. The van der Waals surface area contributed by atoms with Crippen LogP contribution in [0, 0.1) is 0 Å². The molecule has 0 aromatic heterocycles. The van der Waals surface area contributed by atoms with Gasteiger partial charge in [-0.3, -0.25) is 9.59 Å². The minimum absolute atomic E-state index is 0. The van der Waals surface area contributed by atoms with Crippen LogP contribution in [0.4, 0.5) is 0 Å². The maximum atomic E-state index is 11.7. The van der Waals surface area contributed by atoms with Crippen LogP contribution in [0.3, 0.4) is 0 Å². The molecule has 1 aliphatic heterocycles. The highest BCUT2D eigenvalue weighted by atomic mass is 35.5. The van der Waals surface area contributed by atoms with Crippen molar-refractivity contribution in [1.82, 2.24) is 9.80 Å². The summed E-state index contributed by atoms with van der Waals surface area (Å²) >= 11 is 0. The van der Waals surface area contributed by atoms with Crippen molar-refractivity contribution in [3.05, 3.63) is 0 Å². The van der Waals surface area contributed by atoms with Crippen LogP contribution in [-0.2, 0) is 14.3 Å². The molecule has 0 aromatic carbocycles. The number of methoxy groups -OCH3 is 1. The molecule has 2 N–H and O–H groups in total. The minimum Gasteiger partial charge on any atom is -0.383 e. The second-order valence-electron chi connectivity index (χ2n) is 3.92. The molecule has 17 heavy (non-hydrogen) atoms. The number of nitrogens with zero attached hydrogens (tertiary/aromatic N) is 2. The van der Waals surface area contributed by atoms with Gasteiger partial charge in [-0.15, -0.1) is 12.4 Å². The average molecular weight is 266 g/mol. The first kappa shape index (κ1) is 16.1. The minimum atomic E-state index is -0.543. The first-order chi connectivity index (χ1) is 7.56. The van der Waals surface area contributed by atoms with Crippen molar-refractivity contribution >= 4 is 24.2 Å². The third-order valence-electron chi connectivity index (χ3n) is 2.59. The largest absolute Gasteiger partial charge is 0.383 e. The van der Waals surface area contributed by atoms with E-state index in [1.165, 1.54) is 4.90 Å². The molecule has 1 saturated heterocycles. The van der Waals surface area contributed by atoms with Crippen molar-refractivity contribution in [2.24, 2.45) is 5.73 Å². The quantitative estimate of drug-likeness (QED) is 0.713. The summed E-state index contributed by atoms with van der Waals surface area (Å²) in [6.07, 6.45) is 0. The SMILES string of the molecule is COCCN1CCN(C(=O)[C@@H](C)N)CC1=O.Cl. The summed E-state index contributed by atoms with van der Waals surface area (Å²) in [4.78, 5) is 26.5. The highest BCUT2D eigenvalue weighted by molar-refractivity contribution is 5.88. The van der Waals surface area contributed by atoms with Crippen LogP contribution in [0.1, 0.15) is 6.92 Å². The Labute approximate surface area is 107 Å². The molecule has 1 rings (SSSR count). The van der Waals surface area contributed by atoms with Gasteiger partial charge in [-0.25, -0.2) is 0 Å². The van der Waals surface area contributed by atoms with Crippen LogP contribution in [0.25, 0.3) is 0 Å². The lowest BCUT2D eigenvalue weighted by atomic mass is 10.2. The van der Waals surface area contributed by atoms with Gasteiger partial charge in [0.1, 0.15) is 0 Å². The molecular formula is C10H20ClN3O3. The summed E-state index contributed by atoms with van der Waals surface area (Å²) in [6.45, 7) is 3.97. The van der Waals surface area contributed by atoms with Crippen molar-refractivity contribution in [1.29, 1.82) is 0 Å². The van der Waals surface area contributed by atoms with Crippen molar-refractivity contribution in [3.8, 4) is 0 Å². The van der Waals surface area contributed by atoms with Gasteiger partial charge in [-0.05, 0) is 6.92 Å². The lowest BCUT2D eigenvalue weighted by molar-refractivity contribution is -0.146. The molecule has 7 heteroatoms. The number of ether oxygens (including phenoxy) is 1. The molecule has 0 unspecified atom stereocenters. The highest BCUT2D eigenvalue weighted by Crippen LogP contribution is 2.04. The number of hydrogen-bond acceptors (Lipinski definition) is 4. The lowest BCUT2D eigenvalue weighted by Crippen LogP contribution is -2.55. The molecule has 0 radical (unpaired) electrons. The Kier molecular flexibility index (Phi) is 7.10. The molecule has 1 aliphatic rings. The van der Waals surface area contributed by atoms with Gasteiger partial charge in [0.2, 0.25) is 11.8 Å². The monoisotopic (exact) mass is 265 g/mol. The number of carbonyl (C=O) groups is 2. The van der Waals surface area contributed by atoms with E-state index in [0.29, 0.717) is 26.2 Å². The normalized spacial score (nSPS) is 17.7. The molecule has 0 aliphatic carbocycles. The maximum absolute atomic E-state index is 11.7. The van der Waals surface area contributed by atoms with Crippen LogP contribution in [-0.4, -0.2) is 67.6 Å². The van der Waals surface area contributed by atoms with E-state index in [1.54, 1.807) is 18.9 Å². The van der Waals surface area contributed by atoms with Gasteiger partial charge in [0.05, 0.1) is 19.2 Å². The van der Waals surface area contributed by atoms with Crippen LogP contribution < -0.4 is 5.73 Å². The van der Waals surface area contributed by atoms with Crippen molar-refractivity contribution < 1.29 is 14.3 Å². The van der Waals surface area contributed by atoms with Crippen molar-refractivity contribution in [3.63, 3.8) is 0 Å². The van der Waals surface area contributed by atoms with E-state index in [0.717, 1.165) is 0 Å². The fourth-order valence-electron chi connectivity index (χ4n) is 1.62. The Balaban J connectivity index is 0.00000256. The third-order valence-corrected chi connectivity index (χ3v) is 2.59. The molecule has 0 bridgehead atoms. The summed E-state index contributed by atoms with van der Waals surface area (Å²) < 4.78 is 4.91. The molecule has 6 nitrogen and oxygen atoms in total. The van der Waals surface area contributed by atoms with E-state index < -0.39 is 6.04 Å². The molecule has 1 heterocycles. The fraction of sp³-hybridized carbons (Fsp3) is 0.800. The van der Waals surface area contributed by atoms with Gasteiger partial charge in [0, 0.05) is 26.7 Å². The fourth-order valence-corrected chi connectivity index (χ4v) is 1.62. The number of amides is 2. The zero-order chi connectivity index (χ0) is 12.1. The van der Waals surface area contributed by atoms with Gasteiger partial charge in [0.25, 0.3) is 0 Å². The number of nitrogens with two attached hydrogens (primary N) is 1. The van der Waals surface area contributed by atoms with Crippen LogP contribution in [0.15, 0.2) is 0 Å². The summed E-state index contributed by atoms with van der Waals surface area (Å²) in [5.41, 5.74) is 5.49. The van der Waals surface area contributed by atoms with E-state index in [1.807, 2.05) is 0 Å².